The summed E-state index contributed by atoms with van der Waals surface area (Å²) in [5, 5.41) is 0. The van der Waals surface area contributed by atoms with Gasteiger partial charge in [0.2, 0.25) is 5.82 Å². The van der Waals surface area contributed by atoms with E-state index in [1.165, 1.54) is 0 Å². The summed E-state index contributed by atoms with van der Waals surface area (Å²) < 4.78 is 137. The van der Waals surface area contributed by atoms with Crippen molar-refractivity contribution in [2.45, 2.75) is 6.67 Å². The molecule has 0 amide bonds. The summed E-state index contributed by atoms with van der Waals surface area (Å²) in [7, 11) is 0. The molecular weight excluding hydrogens is 498 g/mol. The van der Waals surface area contributed by atoms with Crippen molar-refractivity contribution in [1.82, 2.24) is 0 Å². The molecule has 0 heterocycles. The average molecular weight is 503 g/mol. The zero-order valence-corrected chi connectivity index (χ0v) is 15.7. The number of hydrogen-bond acceptors (Lipinski definition) is 0. The Bertz CT molecular complexity index is 1160. The minimum absolute atomic E-state index is 0.591. The lowest BCUT2D eigenvalue weighted by atomic mass is 9.94. The van der Waals surface area contributed by atoms with Crippen molar-refractivity contribution in [2.75, 3.05) is 0 Å². The van der Waals surface area contributed by atoms with Crippen LogP contribution in [0.3, 0.4) is 0 Å². The van der Waals surface area contributed by atoms with Crippen LogP contribution in [0.15, 0.2) is 22.7 Å². The van der Waals surface area contributed by atoms with Crippen LogP contribution < -0.4 is 0 Å². The van der Waals surface area contributed by atoms with Gasteiger partial charge in [0.1, 0.15) is 6.67 Å². The molecule has 158 valence electrons. The summed E-state index contributed by atoms with van der Waals surface area (Å²) >= 11 is 2.76. The number of rotatable bonds is 3. The first kappa shape index (κ1) is 22.1. The molecule has 0 bridgehead atoms. The van der Waals surface area contributed by atoms with Gasteiger partial charge in [-0.1, -0.05) is 18.2 Å². The van der Waals surface area contributed by atoms with Crippen LogP contribution >= 0.6 is 15.9 Å². The van der Waals surface area contributed by atoms with Gasteiger partial charge in [-0.25, -0.2) is 43.9 Å². The van der Waals surface area contributed by atoms with Crippen molar-refractivity contribution in [3.63, 3.8) is 0 Å². The molecule has 0 aliphatic rings. The number of benzene rings is 3. The van der Waals surface area contributed by atoms with Gasteiger partial charge in [-0.05, 0) is 15.9 Å². The van der Waals surface area contributed by atoms with Crippen molar-refractivity contribution in [2.24, 2.45) is 0 Å². The van der Waals surface area contributed by atoms with Crippen molar-refractivity contribution < 1.29 is 43.9 Å². The first-order chi connectivity index (χ1) is 14.0. The van der Waals surface area contributed by atoms with Gasteiger partial charge in [-0.3, -0.25) is 0 Å². The highest BCUT2D eigenvalue weighted by Gasteiger charge is 2.31. The zero-order valence-electron chi connectivity index (χ0n) is 14.1. The van der Waals surface area contributed by atoms with Gasteiger partial charge in [-0.2, -0.15) is 0 Å². The second-order valence-electron chi connectivity index (χ2n) is 5.86. The molecule has 0 aliphatic carbocycles. The molecule has 0 aromatic heterocycles. The lowest BCUT2D eigenvalue weighted by Crippen LogP contribution is -2.07. The number of hydrogen-bond donors (Lipinski definition) is 0. The molecule has 3 rings (SSSR count). The number of halogens is 11. The summed E-state index contributed by atoms with van der Waals surface area (Å²) in [6.45, 7) is -1.80. The average Bonchev–Trinajstić information content (AvgIpc) is 2.73. The normalized spacial score (nSPS) is 11.3. The van der Waals surface area contributed by atoms with Crippen molar-refractivity contribution in [3.05, 3.63) is 80.6 Å². The van der Waals surface area contributed by atoms with Gasteiger partial charge in [0.25, 0.3) is 0 Å². The zero-order chi connectivity index (χ0) is 22.5. The van der Waals surface area contributed by atoms with Crippen LogP contribution in [0.4, 0.5) is 43.9 Å². The van der Waals surface area contributed by atoms with E-state index in [-0.39, 0.29) is 0 Å². The molecule has 0 saturated heterocycles. The van der Waals surface area contributed by atoms with Gasteiger partial charge >= 0.3 is 0 Å². The van der Waals surface area contributed by atoms with E-state index >= 15 is 0 Å². The quantitative estimate of drug-likeness (QED) is 0.197. The molecule has 0 spiro atoms. The Morgan fingerprint density at radius 3 is 1.37 bits per heavy atom. The summed E-state index contributed by atoms with van der Waals surface area (Å²) in [6, 6.07) is 2.69. The van der Waals surface area contributed by atoms with E-state index < -0.39 is 91.3 Å². The maximum absolute atomic E-state index is 14.3. The second-order valence-corrected chi connectivity index (χ2v) is 6.65. The third kappa shape index (κ3) is 3.15. The molecule has 11 heteroatoms. The number of alkyl halides is 1. The molecule has 3 aromatic carbocycles. The standard InChI is InChI=1S/C19H5BrF10/c20-10-5(8-7(4-21)11(22)15(26)16(27)12(8)23)2-1-3-6(10)9-13(24)17(28)19(30)18(29)14(9)25/h1-3H,4H2. The van der Waals surface area contributed by atoms with E-state index in [0.29, 0.717) is 0 Å². The highest BCUT2D eigenvalue weighted by molar-refractivity contribution is 9.10. The van der Waals surface area contributed by atoms with Gasteiger partial charge in [-0.15, -0.1) is 0 Å². The molecule has 0 saturated carbocycles. The van der Waals surface area contributed by atoms with Crippen LogP contribution in [0.2, 0.25) is 0 Å². The third-order valence-corrected chi connectivity index (χ3v) is 5.10. The predicted molar refractivity (Wildman–Crippen MR) is 89.4 cm³/mol. The fraction of sp³-hybridized carbons (Fsp3) is 0.0526. The summed E-state index contributed by atoms with van der Waals surface area (Å²) in [4.78, 5) is 0. The van der Waals surface area contributed by atoms with Crippen LogP contribution in [-0.4, -0.2) is 0 Å². The SMILES string of the molecule is FCc1c(F)c(F)c(F)c(F)c1-c1cccc(-c2c(F)c(F)c(F)c(F)c2F)c1Br. The first-order valence-corrected chi connectivity index (χ1v) is 8.55. The molecule has 0 fully saturated rings. The maximum Gasteiger partial charge on any atom is 0.200 e. The van der Waals surface area contributed by atoms with Crippen molar-refractivity contribution >= 4 is 15.9 Å². The van der Waals surface area contributed by atoms with Crippen LogP contribution in [-0.2, 0) is 6.67 Å². The molecule has 0 N–H and O–H groups in total. The van der Waals surface area contributed by atoms with Gasteiger partial charge in [0.05, 0.1) is 5.56 Å². The van der Waals surface area contributed by atoms with E-state index in [1.54, 1.807) is 0 Å². The summed E-state index contributed by atoms with van der Waals surface area (Å²) in [6.07, 6.45) is 0. The highest BCUT2D eigenvalue weighted by Crippen LogP contribution is 2.43. The third-order valence-electron chi connectivity index (χ3n) is 4.25. The Balaban J connectivity index is 2.41. The van der Waals surface area contributed by atoms with E-state index in [0.717, 1.165) is 18.2 Å². The molecule has 30 heavy (non-hydrogen) atoms. The summed E-state index contributed by atoms with van der Waals surface area (Å²) in [5.41, 5.74) is -5.16. The van der Waals surface area contributed by atoms with E-state index in [2.05, 4.69) is 15.9 Å². The molecule has 0 aliphatic heterocycles. The summed E-state index contributed by atoms with van der Waals surface area (Å²) in [5.74, 6) is -20.0. The highest BCUT2D eigenvalue weighted by atomic mass is 79.9. The van der Waals surface area contributed by atoms with Gasteiger partial charge < -0.3 is 0 Å². The van der Waals surface area contributed by atoms with Crippen LogP contribution in [0, 0.1) is 52.4 Å². The molecule has 0 atom stereocenters. The molecule has 0 unspecified atom stereocenters. The van der Waals surface area contributed by atoms with Crippen LogP contribution in [0.1, 0.15) is 5.56 Å². The lowest BCUT2D eigenvalue weighted by Gasteiger charge is -2.16. The van der Waals surface area contributed by atoms with E-state index in [1.807, 2.05) is 0 Å². The topological polar surface area (TPSA) is 0 Å². The van der Waals surface area contributed by atoms with E-state index in [9.17, 15) is 43.9 Å². The largest absolute Gasteiger partial charge is 0.246 e. The second kappa shape index (κ2) is 7.93. The fourth-order valence-electron chi connectivity index (χ4n) is 2.84. The predicted octanol–water partition coefficient (Wildman–Crippen LogP) is 7.50. The smallest absolute Gasteiger partial charge is 0.200 e. The lowest BCUT2D eigenvalue weighted by molar-refractivity contribution is 0.381. The minimum atomic E-state index is -2.42. The minimum Gasteiger partial charge on any atom is -0.246 e. The first-order valence-electron chi connectivity index (χ1n) is 7.75. The Morgan fingerprint density at radius 1 is 0.533 bits per heavy atom. The maximum atomic E-state index is 14.3. The van der Waals surface area contributed by atoms with Gasteiger partial charge in [0.15, 0.2) is 46.5 Å². The van der Waals surface area contributed by atoms with E-state index in [4.69, 9.17) is 0 Å². The molecule has 0 radical (unpaired) electrons. The fourth-order valence-corrected chi connectivity index (χ4v) is 3.50. The van der Waals surface area contributed by atoms with Crippen molar-refractivity contribution in [3.8, 4) is 22.3 Å². The molecule has 0 nitrogen and oxygen atoms in total. The Labute approximate surface area is 169 Å². The van der Waals surface area contributed by atoms with Crippen LogP contribution in [0.25, 0.3) is 22.3 Å². The van der Waals surface area contributed by atoms with Crippen molar-refractivity contribution in [1.29, 1.82) is 0 Å². The molecule has 3 aromatic rings. The Kier molecular flexibility index (Phi) is 5.85. The van der Waals surface area contributed by atoms with Gasteiger partial charge in [0, 0.05) is 26.7 Å². The Morgan fingerprint density at radius 2 is 0.900 bits per heavy atom. The molecular formula is C19H5BrF10. The Hall–Kier alpha value is -2.56. The van der Waals surface area contributed by atoms with Crippen LogP contribution in [0.5, 0.6) is 0 Å². The monoisotopic (exact) mass is 502 g/mol.